The van der Waals surface area contributed by atoms with Crippen molar-refractivity contribution >= 4 is 34.0 Å². The SMILES string of the molecule is CC(C)(C)c1nnc(NC(=O)c2ccccc2NC(=O)c2ccccc2)s1. The highest BCUT2D eigenvalue weighted by Gasteiger charge is 2.21. The quantitative estimate of drug-likeness (QED) is 0.705. The van der Waals surface area contributed by atoms with Gasteiger partial charge < -0.3 is 5.32 Å². The van der Waals surface area contributed by atoms with Gasteiger partial charge in [-0.25, -0.2) is 0 Å². The lowest BCUT2D eigenvalue weighted by Gasteiger charge is -2.12. The molecular weight excluding hydrogens is 360 g/mol. The standard InChI is InChI=1S/C20H20N4O2S/c1-20(2,3)18-23-24-19(27-18)22-17(26)14-11-7-8-12-15(14)21-16(25)13-9-5-4-6-10-13/h4-12H,1-3H3,(H,21,25)(H,22,24,26). The Balaban J connectivity index is 1.78. The number of benzene rings is 2. The van der Waals surface area contributed by atoms with Crippen LogP contribution in [0.5, 0.6) is 0 Å². The molecule has 0 atom stereocenters. The minimum atomic E-state index is -0.351. The second-order valence-corrected chi connectivity index (χ2v) is 7.96. The molecular formula is C20H20N4O2S. The molecule has 1 heterocycles. The summed E-state index contributed by atoms with van der Waals surface area (Å²) in [6.45, 7) is 6.11. The summed E-state index contributed by atoms with van der Waals surface area (Å²) in [6, 6.07) is 15.7. The zero-order valence-electron chi connectivity index (χ0n) is 15.3. The van der Waals surface area contributed by atoms with Gasteiger partial charge in [0.15, 0.2) is 0 Å². The van der Waals surface area contributed by atoms with Gasteiger partial charge in [0, 0.05) is 11.0 Å². The fourth-order valence-corrected chi connectivity index (χ4v) is 3.11. The largest absolute Gasteiger partial charge is 0.321 e. The molecule has 0 aliphatic rings. The highest BCUT2D eigenvalue weighted by Crippen LogP contribution is 2.28. The Morgan fingerprint density at radius 3 is 2.19 bits per heavy atom. The van der Waals surface area contributed by atoms with Crippen LogP contribution < -0.4 is 10.6 Å². The highest BCUT2D eigenvalue weighted by atomic mass is 32.1. The van der Waals surface area contributed by atoms with Crippen LogP contribution in [-0.4, -0.2) is 22.0 Å². The summed E-state index contributed by atoms with van der Waals surface area (Å²) in [5, 5.41) is 15.0. The first-order valence-corrected chi connectivity index (χ1v) is 9.27. The zero-order chi connectivity index (χ0) is 19.4. The van der Waals surface area contributed by atoms with Crippen molar-refractivity contribution in [3.8, 4) is 0 Å². The number of aromatic nitrogens is 2. The van der Waals surface area contributed by atoms with Crippen molar-refractivity contribution in [2.24, 2.45) is 0 Å². The fraction of sp³-hybridized carbons (Fsp3) is 0.200. The number of carbonyl (C=O) groups is 2. The molecule has 0 unspecified atom stereocenters. The second-order valence-electron chi connectivity index (χ2n) is 6.98. The first-order chi connectivity index (χ1) is 12.8. The Morgan fingerprint density at radius 2 is 1.52 bits per heavy atom. The minimum absolute atomic E-state index is 0.137. The number of hydrogen-bond acceptors (Lipinski definition) is 5. The lowest BCUT2D eigenvalue weighted by atomic mass is 9.98. The molecule has 2 N–H and O–H groups in total. The van der Waals surface area contributed by atoms with Gasteiger partial charge in [0.05, 0.1) is 11.3 Å². The molecule has 2 amide bonds. The molecule has 0 saturated heterocycles. The Labute approximate surface area is 161 Å². The Hall–Kier alpha value is -3.06. The van der Waals surface area contributed by atoms with Crippen molar-refractivity contribution in [3.63, 3.8) is 0 Å². The molecule has 0 spiro atoms. The summed E-state index contributed by atoms with van der Waals surface area (Å²) in [4.78, 5) is 25.1. The van der Waals surface area contributed by atoms with Crippen LogP contribution in [0.15, 0.2) is 54.6 Å². The molecule has 7 heteroatoms. The normalized spacial score (nSPS) is 11.1. The van der Waals surface area contributed by atoms with E-state index in [4.69, 9.17) is 0 Å². The van der Waals surface area contributed by atoms with E-state index in [1.807, 2.05) is 26.8 Å². The summed E-state index contributed by atoms with van der Waals surface area (Å²) < 4.78 is 0. The van der Waals surface area contributed by atoms with Gasteiger partial charge in [0.25, 0.3) is 11.8 Å². The molecule has 0 bridgehead atoms. The van der Waals surface area contributed by atoms with E-state index in [-0.39, 0.29) is 17.2 Å². The number of nitrogens with zero attached hydrogens (tertiary/aromatic N) is 2. The molecule has 0 aliphatic heterocycles. The predicted molar refractivity (Wildman–Crippen MR) is 107 cm³/mol. The number of anilines is 2. The average molecular weight is 380 g/mol. The number of carbonyl (C=O) groups excluding carboxylic acids is 2. The van der Waals surface area contributed by atoms with Gasteiger partial charge in [-0.05, 0) is 24.3 Å². The topological polar surface area (TPSA) is 84.0 Å². The van der Waals surface area contributed by atoms with Crippen LogP contribution in [0.1, 0.15) is 46.5 Å². The van der Waals surface area contributed by atoms with Crippen molar-refractivity contribution in [3.05, 3.63) is 70.7 Å². The van der Waals surface area contributed by atoms with Crippen molar-refractivity contribution < 1.29 is 9.59 Å². The van der Waals surface area contributed by atoms with E-state index < -0.39 is 0 Å². The number of para-hydroxylation sites is 1. The first kappa shape index (κ1) is 18.7. The van der Waals surface area contributed by atoms with Crippen LogP contribution >= 0.6 is 11.3 Å². The highest BCUT2D eigenvalue weighted by molar-refractivity contribution is 7.15. The molecule has 1 aromatic heterocycles. The van der Waals surface area contributed by atoms with E-state index in [0.717, 1.165) is 5.01 Å². The maximum Gasteiger partial charge on any atom is 0.259 e. The smallest absolute Gasteiger partial charge is 0.259 e. The van der Waals surface area contributed by atoms with Crippen LogP contribution in [-0.2, 0) is 5.41 Å². The number of rotatable bonds is 4. The molecule has 27 heavy (non-hydrogen) atoms. The molecule has 6 nitrogen and oxygen atoms in total. The number of hydrogen-bond donors (Lipinski definition) is 2. The van der Waals surface area contributed by atoms with Crippen molar-refractivity contribution in [2.45, 2.75) is 26.2 Å². The molecule has 2 aromatic carbocycles. The van der Waals surface area contributed by atoms with Gasteiger partial charge in [0.1, 0.15) is 5.01 Å². The Bertz CT molecular complexity index is 961. The maximum absolute atomic E-state index is 12.7. The Kier molecular flexibility index (Phi) is 5.32. The van der Waals surface area contributed by atoms with Gasteiger partial charge >= 0.3 is 0 Å². The van der Waals surface area contributed by atoms with Gasteiger partial charge in [-0.3, -0.25) is 14.9 Å². The van der Waals surface area contributed by atoms with Gasteiger partial charge in [-0.2, -0.15) is 0 Å². The van der Waals surface area contributed by atoms with E-state index in [9.17, 15) is 9.59 Å². The summed E-state index contributed by atoms with van der Waals surface area (Å²) in [5.41, 5.74) is 1.17. The molecule has 3 aromatic rings. The molecule has 0 saturated carbocycles. The third-order valence-corrected chi connectivity index (χ3v) is 5.01. The maximum atomic E-state index is 12.7. The van der Waals surface area contributed by atoms with E-state index in [1.54, 1.807) is 48.5 Å². The molecule has 3 rings (SSSR count). The van der Waals surface area contributed by atoms with Crippen molar-refractivity contribution in [1.29, 1.82) is 0 Å². The predicted octanol–water partition coefficient (Wildman–Crippen LogP) is 4.34. The molecule has 0 fully saturated rings. The van der Waals surface area contributed by atoms with Crippen molar-refractivity contribution in [1.82, 2.24) is 10.2 Å². The zero-order valence-corrected chi connectivity index (χ0v) is 16.1. The number of amides is 2. The van der Waals surface area contributed by atoms with E-state index in [0.29, 0.717) is 21.9 Å². The summed E-state index contributed by atoms with van der Waals surface area (Å²) >= 11 is 1.34. The summed E-state index contributed by atoms with van der Waals surface area (Å²) in [6.07, 6.45) is 0. The van der Waals surface area contributed by atoms with Gasteiger partial charge in [-0.15, -0.1) is 10.2 Å². The van der Waals surface area contributed by atoms with E-state index >= 15 is 0 Å². The first-order valence-electron chi connectivity index (χ1n) is 8.45. The van der Waals surface area contributed by atoms with Gasteiger partial charge in [-0.1, -0.05) is 62.4 Å². The van der Waals surface area contributed by atoms with Gasteiger partial charge in [0.2, 0.25) is 5.13 Å². The van der Waals surface area contributed by atoms with Crippen LogP contribution in [0.25, 0.3) is 0 Å². The third kappa shape index (κ3) is 4.57. The van der Waals surface area contributed by atoms with Crippen LogP contribution in [0.4, 0.5) is 10.8 Å². The molecule has 0 aliphatic carbocycles. The third-order valence-electron chi connectivity index (χ3n) is 3.74. The van der Waals surface area contributed by atoms with Crippen LogP contribution in [0.3, 0.4) is 0 Å². The van der Waals surface area contributed by atoms with Crippen LogP contribution in [0.2, 0.25) is 0 Å². The molecule has 0 radical (unpaired) electrons. The number of nitrogens with one attached hydrogen (secondary N) is 2. The molecule has 138 valence electrons. The lowest BCUT2D eigenvalue weighted by Crippen LogP contribution is -2.18. The Morgan fingerprint density at radius 1 is 0.852 bits per heavy atom. The average Bonchev–Trinajstić information content (AvgIpc) is 3.12. The lowest BCUT2D eigenvalue weighted by molar-refractivity contribution is 0.102. The second kappa shape index (κ2) is 7.67. The van der Waals surface area contributed by atoms with E-state index in [1.165, 1.54) is 11.3 Å². The minimum Gasteiger partial charge on any atom is -0.321 e. The summed E-state index contributed by atoms with van der Waals surface area (Å²) in [5.74, 6) is -0.627. The van der Waals surface area contributed by atoms with Crippen LogP contribution in [0, 0.1) is 0 Å². The van der Waals surface area contributed by atoms with E-state index in [2.05, 4.69) is 20.8 Å². The monoisotopic (exact) mass is 380 g/mol. The van der Waals surface area contributed by atoms with Crippen molar-refractivity contribution in [2.75, 3.05) is 10.6 Å². The summed E-state index contributed by atoms with van der Waals surface area (Å²) in [7, 11) is 0. The fourth-order valence-electron chi connectivity index (χ4n) is 2.32.